The maximum atomic E-state index is 6.25. The number of hydrogen-bond donors (Lipinski definition) is 2. The molecule has 0 aliphatic heterocycles. The molecule has 0 saturated heterocycles. The Hall–Kier alpha value is -3.52. The molecule has 0 aliphatic carbocycles. The van der Waals surface area contributed by atoms with E-state index in [0.717, 1.165) is 37.1 Å². The first kappa shape index (κ1) is 44.2. The number of benzene rings is 4. The van der Waals surface area contributed by atoms with Gasteiger partial charge in [-0.15, -0.1) is 0 Å². The number of aryl methyl sites for hydroxylation is 4. The van der Waals surface area contributed by atoms with E-state index in [-0.39, 0.29) is 0 Å². The van der Waals surface area contributed by atoms with Crippen LogP contribution in [0.15, 0.2) is 84.9 Å². The highest BCUT2D eigenvalue weighted by Gasteiger charge is 2.06. The summed E-state index contributed by atoms with van der Waals surface area (Å²) in [5, 5.41) is 0. The van der Waals surface area contributed by atoms with Crippen molar-refractivity contribution in [3.63, 3.8) is 0 Å². The van der Waals surface area contributed by atoms with Crippen molar-refractivity contribution >= 4 is 11.4 Å². The van der Waals surface area contributed by atoms with E-state index in [1.807, 2.05) is 0 Å². The molecule has 0 aromatic heterocycles. The van der Waals surface area contributed by atoms with Gasteiger partial charge in [0.1, 0.15) is 0 Å². The maximum absolute atomic E-state index is 6.25. The Morgan fingerprint density at radius 1 is 0.291 bits per heavy atom. The summed E-state index contributed by atoms with van der Waals surface area (Å²) < 4.78 is 0. The average molecular weight is 743 g/mol. The van der Waals surface area contributed by atoms with Gasteiger partial charge in [-0.3, -0.25) is 0 Å². The first-order valence-corrected chi connectivity index (χ1v) is 22.9. The number of nitrogen functional groups attached to an aromatic ring is 2. The van der Waals surface area contributed by atoms with Gasteiger partial charge in [-0.2, -0.15) is 0 Å². The third kappa shape index (κ3) is 18.3. The predicted molar refractivity (Wildman–Crippen MR) is 243 cm³/mol. The molecule has 4 N–H and O–H groups in total. The summed E-state index contributed by atoms with van der Waals surface area (Å²) in [5.74, 6) is 0. The summed E-state index contributed by atoms with van der Waals surface area (Å²) in [6, 6.07) is 32.0. The predicted octanol–water partition coefficient (Wildman–Crippen LogP) is 15.1. The van der Waals surface area contributed by atoms with E-state index in [0.29, 0.717) is 0 Å². The normalized spacial score (nSPS) is 11.4. The van der Waals surface area contributed by atoms with E-state index in [9.17, 15) is 0 Å². The number of unbranched alkanes of at least 4 members (excludes halogenated alkanes) is 18. The van der Waals surface area contributed by atoms with Crippen molar-refractivity contribution in [1.82, 2.24) is 0 Å². The highest BCUT2D eigenvalue weighted by Crippen LogP contribution is 2.22. The first-order valence-electron chi connectivity index (χ1n) is 22.9. The van der Waals surface area contributed by atoms with Crippen LogP contribution in [0, 0.1) is 0 Å². The van der Waals surface area contributed by atoms with Gasteiger partial charge in [0.15, 0.2) is 0 Å². The Bertz CT molecular complexity index is 1450. The molecule has 4 aromatic rings. The van der Waals surface area contributed by atoms with Gasteiger partial charge in [0.25, 0.3) is 0 Å². The number of rotatable bonds is 30. The van der Waals surface area contributed by atoms with Crippen LogP contribution in [0.1, 0.15) is 193 Å². The summed E-state index contributed by atoms with van der Waals surface area (Å²) in [5.41, 5.74) is 25.6. The minimum absolute atomic E-state index is 0.949. The largest absolute Gasteiger partial charge is 0.399 e. The summed E-state index contributed by atoms with van der Waals surface area (Å²) >= 11 is 0. The Balaban J connectivity index is 0.923. The van der Waals surface area contributed by atoms with Gasteiger partial charge in [0, 0.05) is 11.4 Å². The van der Waals surface area contributed by atoms with Gasteiger partial charge in [-0.05, 0) is 121 Å². The number of anilines is 2. The molecular weight excluding hydrogens is 665 g/mol. The Morgan fingerprint density at radius 2 is 0.564 bits per heavy atom. The summed E-state index contributed by atoms with van der Waals surface area (Å²) in [7, 11) is 0. The van der Waals surface area contributed by atoms with Crippen molar-refractivity contribution < 1.29 is 0 Å². The lowest BCUT2D eigenvalue weighted by atomic mass is 9.97. The molecule has 2 heteroatoms. The monoisotopic (exact) mass is 743 g/mol. The zero-order chi connectivity index (χ0) is 38.8. The average Bonchev–Trinajstić information content (AvgIpc) is 3.20. The Kier molecular flexibility index (Phi) is 21.8. The molecule has 4 aromatic carbocycles. The van der Waals surface area contributed by atoms with E-state index < -0.39 is 0 Å². The first-order chi connectivity index (χ1) is 27.0. The van der Waals surface area contributed by atoms with Crippen LogP contribution in [0.2, 0.25) is 0 Å². The van der Waals surface area contributed by atoms with Crippen molar-refractivity contribution in [3.8, 4) is 0 Å². The molecule has 0 fully saturated rings. The van der Waals surface area contributed by atoms with E-state index in [1.165, 1.54) is 192 Å². The van der Waals surface area contributed by atoms with E-state index in [4.69, 9.17) is 11.5 Å². The smallest absolute Gasteiger partial charge is 0.0346 e. The molecule has 0 heterocycles. The second kappa shape index (κ2) is 27.1. The van der Waals surface area contributed by atoms with E-state index in [2.05, 4.69) is 98.8 Å². The molecule has 0 atom stereocenters. The lowest BCUT2D eigenvalue weighted by Crippen LogP contribution is -1.98. The molecule has 300 valence electrons. The lowest BCUT2D eigenvalue weighted by molar-refractivity contribution is 0.530. The molecule has 0 radical (unpaired) electrons. The van der Waals surface area contributed by atoms with Crippen LogP contribution < -0.4 is 11.5 Å². The SMILES string of the molecule is CCCCCc1cc(Cc2ccc(CCCCCCCCCCCCCCCCCc3ccc(Cc4ccc(N)c(CCCCC)c4)cc3)cc2)ccc1N. The molecule has 0 unspecified atom stereocenters. The molecule has 2 nitrogen and oxygen atoms in total. The second-order valence-corrected chi connectivity index (χ2v) is 16.8. The van der Waals surface area contributed by atoms with Crippen LogP contribution in [0.4, 0.5) is 11.4 Å². The highest BCUT2D eigenvalue weighted by molar-refractivity contribution is 5.50. The number of hydrogen-bond acceptors (Lipinski definition) is 2. The Labute approximate surface area is 338 Å². The molecule has 4 rings (SSSR count). The highest BCUT2D eigenvalue weighted by atomic mass is 14.6. The van der Waals surface area contributed by atoms with Crippen LogP contribution >= 0.6 is 0 Å². The van der Waals surface area contributed by atoms with Gasteiger partial charge in [0.2, 0.25) is 0 Å². The van der Waals surface area contributed by atoms with Crippen molar-refractivity contribution in [2.24, 2.45) is 0 Å². The van der Waals surface area contributed by atoms with Crippen molar-refractivity contribution in [2.45, 2.75) is 187 Å². The van der Waals surface area contributed by atoms with Gasteiger partial charge in [-0.1, -0.05) is 196 Å². The van der Waals surface area contributed by atoms with Crippen molar-refractivity contribution in [1.29, 1.82) is 0 Å². The fraction of sp³-hybridized carbons (Fsp3) is 0.547. The van der Waals surface area contributed by atoms with E-state index >= 15 is 0 Å². The molecule has 0 amide bonds. The van der Waals surface area contributed by atoms with Crippen molar-refractivity contribution in [3.05, 3.63) is 129 Å². The molecule has 55 heavy (non-hydrogen) atoms. The fourth-order valence-electron chi connectivity index (χ4n) is 8.18. The van der Waals surface area contributed by atoms with Crippen LogP contribution in [-0.4, -0.2) is 0 Å². The fourth-order valence-corrected chi connectivity index (χ4v) is 8.18. The molecule has 0 spiro atoms. The maximum Gasteiger partial charge on any atom is 0.0346 e. The van der Waals surface area contributed by atoms with E-state index in [1.54, 1.807) is 0 Å². The van der Waals surface area contributed by atoms with Crippen LogP contribution in [0.25, 0.3) is 0 Å². The molecule has 0 aliphatic rings. The quantitative estimate of drug-likeness (QED) is 0.0413. The number of nitrogens with two attached hydrogens (primary N) is 2. The van der Waals surface area contributed by atoms with Crippen LogP contribution in [-0.2, 0) is 38.5 Å². The van der Waals surface area contributed by atoms with Gasteiger partial charge >= 0.3 is 0 Å². The molecule has 0 bridgehead atoms. The lowest BCUT2D eigenvalue weighted by Gasteiger charge is -2.10. The standard InChI is InChI=1S/C53H78N2/c1-3-5-20-26-50-42-48(36-38-52(50)54)40-46-32-28-44(29-33-46)24-22-18-16-14-12-10-8-7-9-11-13-15-17-19-23-25-45-30-34-47(35-31-45)41-49-37-39-53(55)51(43-49)27-21-6-4-2/h28-39,42-43H,3-27,40-41,54-55H2,1-2H3. The van der Waals surface area contributed by atoms with Crippen molar-refractivity contribution in [2.75, 3.05) is 11.5 Å². The minimum Gasteiger partial charge on any atom is -0.399 e. The van der Waals surface area contributed by atoms with Gasteiger partial charge < -0.3 is 11.5 Å². The van der Waals surface area contributed by atoms with Gasteiger partial charge in [0.05, 0.1) is 0 Å². The summed E-state index contributed by atoms with van der Waals surface area (Å²) in [6.07, 6.45) is 35.1. The zero-order valence-electron chi connectivity index (χ0n) is 35.3. The molecular formula is C53H78N2. The third-order valence-electron chi connectivity index (χ3n) is 11.8. The second-order valence-electron chi connectivity index (χ2n) is 16.8. The molecule has 0 saturated carbocycles. The Morgan fingerprint density at radius 3 is 0.891 bits per heavy atom. The topological polar surface area (TPSA) is 52.0 Å². The van der Waals surface area contributed by atoms with Crippen LogP contribution in [0.3, 0.4) is 0 Å². The zero-order valence-corrected chi connectivity index (χ0v) is 35.3. The third-order valence-corrected chi connectivity index (χ3v) is 11.8. The summed E-state index contributed by atoms with van der Waals surface area (Å²) in [6.45, 7) is 4.51. The summed E-state index contributed by atoms with van der Waals surface area (Å²) in [4.78, 5) is 0. The minimum atomic E-state index is 0.949. The van der Waals surface area contributed by atoms with Gasteiger partial charge in [-0.25, -0.2) is 0 Å². The van der Waals surface area contributed by atoms with Crippen LogP contribution in [0.5, 0.6) is 0 Å².